The van der Waals surface area contributed by atoms with Crippen LogP contribution in [0.4, 0.5) is 0 Å². The number of hydrogen-bond acceptors (Lipinski definition) is 2. The Morgan fingerprint density at radius 1 is 1.33 bits per heavy atom. The van der Waals surface area contributed by atoms with Crippen LogP contribution in [0.1, 0.15) is 20.3 Å². The number of rotatable bonds is 5. The fourth-order valence-corrected chi connectivity index (χ4v) is 0.974. The normalized spacial score (nSPS) is 10.5. The predicted octanol–water partition coefficient (Wildman–Crippen LogP) is 3.18. The van der Waals surface area contributed by atoms with Gasteiger partial charge in [0, 0.05) is 0 Å². The lowest BCUT2D eigenvalue weighted by Crippen LogP contribution is -2.06. The Balaban J connectivity index is 4.96. The van der Waals surface area contributed by atoms with Crippen LogP contribution in [0.5, 0.6) is 0 Å². The summed E-state index contributed by atoms with van der Waals surface area (Å²) in [6.07, 6.45) is 5.88. The van der Waals surface area contributed by atoms with Crippen molar-refractivity contribution in [3.63, 3.8) is 0 Å². The summed E-state index contributed by atoms with van der Waals surface area (Å²) < 4.78 is 4.68. The summed E-state index contributed by atoms with van der Waals surface area (Å²) in [7, 11) is 1.36. The Kier molecular flexibility index (Phi) is 6.11. The second kappa shape index (κ2) is 6.82. The lowest BCUT2D eigenvalue weighted by molar-refractivity contribution is -0.135. The third kappa shape index (κ3) is 5.01. The van der Waals surface area contributed by atoms with Crippen molar-refractivity contribution in [3.05, 3.63) is 48.1 Å². The van der Waals surface area contributed by atoms with Crippen LogP contribution in [0.3, 0.4) is 0 Å². The van der Waals surface area contributed by atoms with E-state index in [1.807, 2.05) is 19.9 Å². The van der Waals surface area contributed by atoms with Crippen molar-refractivity contribution in [2.75, 3.05) is 7.11 Å². The first-order valence-corrected chi connectivity index (χ1v) is 4.75. The standard InChI is InChI=1S/C13H18O2/c1-6-7-11(4)12(13(14)15-5)9-8-10(2)3/h6,8-9H,1,4,7H2,2-3,5H3/b12-9+. The van der Waals surface area contributed by atoms with Crippen molar-refractivity contribution in [2.45, 2.75) is 20.3 Å². The van der Waals surface area contributed by atoms with E-state index >= 15 is 0 Å². The van der Waals surface area contributed by atoms with Gasteiger partial charge in [0.05, 0.1) is 12.7 Å². The zero-order chi connectivity index (χ0) is 11.8. The molecule has 0 saturated heterocycles. The lowest BCUT2D eigenvalue weighted by Gasteiger charge is -2.05. The molecule has 0 aromatic rings. The number of carbonyl (C=O) groups is 1. The number of esters is 1. The number of methoxy groups -OCH3 is 1. The zero-order valence-electron chi connectivity index (χ0n) is 9.67. The van der Waals surface area contributed by atoms with Crippen molar-refractivity contribution in [1.82, 2.24) is 0 Å². The van der Waals surface area contributed by atoms with Gasteiger partial charge in [-0.2, -0.15) is 0 Å². The van der Waals surface area contributed by atoms with Gasteiger partial charge in [0.25, 0.3) is 0 Å². The minimum atomic E-state index is -0.362. The Morgan fingerprint density at radius 3 is 2.33 bits per heavy atom. The van der Waals surface area contributed by atoms with E-state index in [0.29, 0.717) is 17.6 Å². The van der Waals surface area contributed by atoms with Crippen LogP contribution >= 0.6 is 0 Å². The minimum absolute atomic E-state index is 0.362. The molecule has 0 N–H and O–H groups in total. The van der Waals surface area contributed by atoms with Crippen LogP contribution < -0.4 is 0 Å². The predicted molar refractivity (Wildman–Crippen MR) is 63.5 cm³/mol. The molecule has 0 radical (unpaired) electrons. The maximum Gasteiger partial charge on any atom is 0.338 e. The first-order valence-electron chi connectivity index (χ1n) is 4.75. The molecule has 0 aliphatic rings. The second-order valence-corrected chi connectivity index (χ2v) is 3.41. The number of ether oxygens (including phenoxy) is 1. The topological polar surface area (TPSA) is 26.3 Å². The molecule has 0 aromatic carbocycles. The molecule has 0 atom stereocenters. The lowest BCUT2D eigenvalue weighted by atomic mass is 10.0. The molecule has 0 bridgehead atoms. The summed E-state index contributed by atoms with van der Waals surface area (Å²) in [5, 5.41) is 0. The van der Waals surface area contributed by atoms with Crippen molar-refractivity contribution < 1.29 is 9.53 Å². The van der Waals surface area contributed by atoms with Crippen molar-refractivity contribution in [2.24, 2.45) is 0 Å². The maximum absolute atomic E-state index is 11.4. The van der Waals surface area contributed by atoms with Crippen molar-refractivity contribution >= 4 is 5.97 Å². The number of hydrogen-bond donors (Lipinski definition) is 0. The molecule has 0 spiro atoms. The summed E-state index contributed by atoms with van der Waals surface area (Å²) >= 11 is 0. The molecule has 15 heavy (non-hydrogen) atoms. The van der Waals surface area contributed by atoms with Crippen LogP contribution in [0.15, 0.2) is 48.1 Å². The van der Waals surface area contributed by atoms with Gasteiger partial charge in [0.2, 0.25) is 0 Å². The van der Waals surface area contributed by atoms with Gasteiger partial charge in [-0.15, -0.1) is 6.58 Å². The van der Waals surface area contributed by atoms with E-state index < -0.39 is 0 Å². The second-order valence-electron chi connectivity index (χ2n) is 3.41. The van der Waals surface area contributed by atoms with Gasteiger partial charge in [-0.3, -0.25) is 0 Å². The van der Waals surface area contributed by atoms with Crippen LogP contribution in [-0.4, -0.2) is 13.1 Å². The first kappa shape index (κ1) is 13.4. The van der Waals surface area contributed by atoms with Crippen molar-refractivity contribution in [1.29, 1.82) is 0 Å². The van der Waals surface area contributed by atoms with Crippen LogP contribution in [0.25, 0.3) is 0 Å². The molecule has 0 unspecified atom stereocenters. The highest BCUT2D eigenvalue weighted by atomic mass is 16.5. The van der Waals surface area contributed by atoms with Gasteiger partial charge in [-0.1, -0.05) is 24.3 Å². The highest BCUT2D eigenvalue weighted by Gasteiger charge is 2.11. The van der Waals surface area contributed by atoms with E-state index in [9.17, 15) is 4.79 Å². The quantitative estimate of drug-likeness (QED) is 0.299. The minimum Gasteiger partial charge on any atom is -0.465 e. The fraction of sp³-hybridized carbons (Fsp3) is 0.308. The molecule has 0 heterocycles. The largest absolute Gasteiger partial charge is 0.465 e. The SMILES string of the molecule is C=CCC(=C)/C(=C\C=C(C)C)C(=O)OC. The van der Waals surface area contributed by atoms with Crippen LogP contribution in [0.2, 0.25) is 0 Å². The van der Waals surface area contributed by atoms with E-state index in [2.05, 4.69) is 17.9 Å². The summed E-state index contributed by atoms with van der Waals surface area (Å²) in [6, 6.07) is 0. The van der Waals surface area contributed by atoms with E-state index in [4.69, 9.17) is 0 Å². The van der Waals surface area contributed by atoms with E-state index in [1.165, 1.54) is 7.11 Å². The highest BCUT2D eigenvalue weighted by Crippen LogP contribution is 2.14. The van der Waals surface area contributed by atoms with Gasteiger partial charge in [-0.25, -0.2) is 4.79 Å². The van der Waals surface area contributed by atoms with E-state index in [1.54, 1.807) is 12.2 Å². The van der Waals surface area contributed by atoms with Crippen LogP contribution in [0, 0.1) is 0 Å². The Morgan fingerprint density at radius 2 is 1.93 bits per heavy atom. The molecule has 2 heteroatoms. The zero-order valence-corrected chi connectivity index (χ0v) is 9.67. The highest BCUT2D eigenvalue weighted by molar-refractivity contribution is 5.93. The van der Waals surface area contributed by atoms with Crippen LogP contribution in [-0.2, 0) is 9.53 Å². The summed E-state index contributed by atoms with van der Waals surface area (Å²) in [5.74, 6) is -0.362. The van der Waals surface area contributed by atoms with Gasteiger partial charge >= 0.3 is 5.97 Å². The molecule has 0 rings (SSSR count). The molecule has 2 nitrogen and oxygen atoms in total. The third-order valence-corrected chi connectivity index (χ3v) is 1.76. The third-order valence-electron chi connectivity index (χ3n) is 1.76. The molecule has 0 aromatic heterocycles. The Bertz CT molecular complexity index is 315. The van der Waals surface area contributed by atoms with Gasteiger partial charge in [-0.05, 0) is 31.9 Å². The average molecular weight is 206 g/mol. The average Bonchev–Trinajstić information content (AvgIpc) is 2.17. The number of carbonyl (C=O) groups excluding carboxylic acids is 1. The molecular weight excluding hydrogens is 188 g/mol. The Labute approximate surface area is 91.6 Å². The molecule has 0 fully saturated rings. The van der Waals surface area contributed by atoms with E-state index in [-0.39, 0.29) is 5.97 Å². The first-order chi connectivity index (χ1) is 7.02. The summed E-state index contributed by atoms with van der Waals surface area (Å²) in [4.78, 5) is 11.4. The molecule has 0 aliphatic heterocycles. The molecule has 0 amide bonds. The van der Waals surface area contributed by atoms with Gasteiger partial charge < -0.3 is 4.74 Å². The molecule has 0 saturated carbocycles. The van der Waals surface area contributed by atoms with Crippen molar-refractivity contribution in [3.8, 4) is 0 Å². The monoisotopic (exact) mass is 206 g/mol. The smallest absolute Gasteiger partial charge is 0.338 e. The maximum atomic E-state index is 11.4. The Hall–Kier alpha value is -1.57. The molecule has 82 valence electrons. The molecule has 0 aliphatic carbocycles. The number of allylic oxidation sites excluding steroid dienone is 4. The summed E-state index contributed by atoms with van der Waals surface area (Å²) in [6.45, 7) is 11.3. The van der Waals surface area contributed by atoms with Gasteiger partial charge in [0.15, 0.2) is 0 Å². The molecular formula is C13H18O2. The fourth-order valence-electron chi connectivity index (χ4n) is 0.974. The van der Waals surface area contributed by atoms with E-state index in [0.717, 1.165) is 5.57 Å². The summed E-state index contributed by atoms with van der Waals surface area (Å²) in [5.41, 5.74) is 2.33. The van der Waals surface area contributed by atoms with Gasteiger partial charge in [0.1, 0.15) is 0 Å².